The molecule has 0 aliphatic heterocycles. The first-order valence-corrected chi connectivity index (χ1v) is 9.98. The number of carboxylic acids is 1. The second-order valence-electron chi connectivity index (χ2n) is 6.67. The summed E-state index contributed by atoms with van der Waals surface area (Å²) in [6.45, 7) is 0. The summed E-state index contributed by atoms with van der Waals surface area (Å²) in [4.78, 5) is 31.6. The summed E-state index contributed by atoms with van der Waals surface area (Å²) in [6.07, 6.45) is 6.49. The van der Waals surface area contributed by atoms with Crippen molar-refractivity contribution in [2.45, 2.75) is 6.04 Å². The molecule has 4 aromatic rings. The van der Waals surface area contributed by atoms with Gasteiger partial charge in [-0.25, -0.2) is 13.9 Å². The fraction of sp³-hybridized carbons (Fsp3) is 0.0476. The maximum atomic E-state index is 13.5. The molecule has 0 radical (unpaired) electrons. The molecule has 1 unspecified atom stereocenters. The molecular formula is C21H14BrFN6O3. The number of aromatic carboxylic acids is 1. The lowest BCUT2D eigenvalue weighted by molar-refractivity contribution is 0.0696. The number of hydrogen-bond donors (Lipinski definition) is 2. The number of aromatic nitrogens is 5. The van der Waals surface area contributed by atoms with Crippen molar-refractivity contribution in [1.82, 2.24) is 30.3 Å². The van der Waals surface area contributed by atoms with E-state index in [1.54, 1.807) is 18.3 Å². The van der Waals surface area contributed by atoms with E-state index < -0.39 is 23.7 Å². The Bertz CT molecular complexity index is 1290. The molecule has 0 bridgehead atoms. The maximum absolute atomic E-state index is 13.5. The van der Waals surface area contributed by atoms with E-state index in [1.165, 1.54) is 29.3 Å². The van der Waals surface area contributed by atoms with Gasteiger partial charge in [0.15, 0.2) is 0 Å². The lowest BCUT2D eigenvalue weighted by Crippen LogP contribution is -2.29. The molecule has 1 amide bonds. The van der Waals surface area contributed by atoms with Gasteiger partial charge < -0.3 is 10.4 Å². The number of carbonyl (C=O) groups excluding carboxylic acids is 1. The van der Waals surface area contributed by atoms with Crippen LogP contribution in [-0.2, 0) is 0 Å². The van der Waals surface area contributed by atoms with Gasteiger partial charge in [0.25, 0.3) is 5.91 Å². The largest absolute Gasteiger partial charge is 0.478 e. The number of halogens is 2. The molecule has 0 aliphatic rings. The molecule has 2 N–H and O–H groups in total. The van der Waals surface area contributed by atoms with Crippen LogP contribution in [-0.4, -0.2) is 41.9 Å². The Morgan fingerprint density at radius 1 is 1.03 bits per heavy atom. The van der Waals surface area contributed by atoms with E-state index in [0.717, 1.165) is 16.7 Å². The van der Waals surface area contributed by atoms with E-state index in [0.29, 0.717) is 16.9 Å². The minimum Gasteiger partial charge on any atom is -0.478 e. The molecule has 3 aromatic heterocycles. The number of nitrogens with one attached hydrogen (secondary N) is 1. The van der Waals surface area contributed by atoms with E-state index in [4.69, 9.17) is 0 Å². The Kier molecular flexibility index (Phi) is 5.99. The number of amides is 1. The number of nitrogens with zero attached hydrogens (tertiary/aromatic N) is 5. The average molecular weight is 497 g/mol. The van der Waals surface area contributed by atoms with Crippen molar-refractivity contribution < 1.29 is 19.1 Å². The first-order chi connectivity index (χ1) is 15.4. The summed E-state index contributed by atoms with van der Waals surface area (Å²) in [7, 11) is 0. The van der Waals surface area contributed by atoms with Gasteiger partial charge in [0.1, 0.15) is 17.6 Å². The van der Waals surface area contributed by atoms with Crippen molar-refractivity contribution in [2.75, 3.05) is 0 Å². The standard InChI is InChI=1S/C21H14BrFN6O3/c22-15-3-1-12(2-4-15)19(26-20(30)13-5-16(23)9-24-7-13)18-11-29(28-27-18)17-6-14(21(31)32)8-25-10-17/h1-11,19H,(H,26,30)(H,31,32). The minimum atomic E-state index is -1.12. The summed E-state index contributed by atoms with van der Waals surface area (Å²) < 4.78 is 15.7. The van der Waals surface area contributed by atoms with Crippen molar-refractivity contribution in [2.24, 2.45) is 0 Å². The molecule has 0 fully saturated rings. The van der Waals surface area contributed by atoms with Gasteiger partial charge in [-0.15, -0.1) is 5.10 Å². The quantitative estimate of drug-likeness (QED) is 0.420. The molecule has 9 nitrogen and oxygen atoms in total. The van der Waals surface area contributed by atoms with Crippen LogP contribution < -0.4 is 5.32 Å². The Labute approximate surface area is 189 Å². The monoisotopic (exact) mass is 496 g/mol. The van der Waals surface area contributed by atoms with E-state index in [2.05, 4.69) is 41.5 Å². The molecule has 0 aliphatic carbocycles. The van der Waals surface area contributed by atoms with Crippen LogP contribution in [0.2, 0.25) is 0 Å². The Morgan fingerprint density at radius 2 is 1.75 bits per heavy atom. The Balaban J connectivity index is 1.69. The highest BCUT2D eigenvalue weighted by Crippen LogP contribution is 2.23. The van der Waals surface area contributed by atoms with E-state index >= 15 is 0 Å². The number of hydrogen-bond acceptors (Lipinski definition) is 6. The molecule has 0 spiro atoms. The van der Waals surface area contributed by atoms with Gasteiger partial charge >= 0.3 is 5.97 Å². The topological polar surface area (TPSA) is 123 Å². The zero-order valence-electron chi connectivity index (χ0n) is 16.2. The molecule has 32 heavy (non-hydrogen) atoms. The third kappa shape index (κ3) is 4.67. The van der Waals surface area contributed by atoms with Crippen LogP contribution in [0.15, 0.2) is 71.9 Å². The Hall–Kier alpha value is -3.99. The normalized spacial score (nSPS) is 11.7. The van der Waals surface area contributed by atoms with E-state index in [9.17, 15) is 19.1 Å². The molecule has 4 rings (SSSR count). The van der Waals surface area contributed by atoms with Crippen molar-refractivity contribution in [1.29, 1.82) is 0 Å². The third-order valence-electron chi connectivity index (χ3n) is 4.49. The zero-order chi connectivity index (χ0) is 22.7. The second-order valence-corrected chi connectivity index (χ2v) is 7.59. The first-order valence-electron chi connectivity index (χ1n) is 9.18. The summed E-state index contributed by atoms with van der Waals surface area (Å²) in [5, 5.41) is 20.2. The average Bonchev–Trinajstić information content (AvgIpc) is 3.28. The fourth-order valence-corrected chi connectivity index (χ4v) is 3.20. The fourth-order valence-electron chi connectivity index (χ4n) is 2.94. The summed E-state index contributed by atoms with van der Waals surface area (Å²) >= 11 is 3.38. The molecule has 160 valence electrons. The SMILES string of the molecule is O=C(O)c1cncc(-n2cc(C(NC(=O)c3cncc(F)c3)c3ccc(Br)cc3)nn2)c1. The molecule has 1 atom stereocenters. The highest BCUT2D eigenvalue weighted by Gasteiger charge is 2.22. The van der Waals surface area contributed by atoms with Crippen LogP contribution in [0.3, 0.4) is 0 Å². The molecule has 1 aromatic carbocycles. The zero-order valence-corrected chi connectivity index (χ0v) is 17.8. The third-order valence-corrected chi connectivity index (χ3v) is 5.02. The Morgan fingerprint density at radius 3 is 2.47 bits per heavy atom. The van der Waals surface area contributed by atoms with Crippen LogP contribution in [0.25, 0.3) is 5.69 Å². The summed E-state index contributed by atoms with van der Waals surface area (Å²) in [5.74, 6) is -2.30. The van der Waals surface area contributed by atoms with Crippen LogP contribution in [0.5, 0.6) is 0 Å². The van der Waals surface area contributed by atoms with Crippen molar-refractivity contribution in [3.05, 3.63) is 100 Å². The number of pyridine rings is 2. The van der Waals surface area contributed by atoms with Gasteiger partial charge in [0, 0.05) is 16.9 Å². The van der Waals surface area contributed by atoms with Gasteiger partial charge in [-0.3, -0.25) is 14.8 Å². The number of benzene rings is 1. The number of rotatable bonds is 6. The highest BCUT2D eigenvalue weighted by atomic mass is 79.9. The van der Waals surface area contributed by atoms with Gasteiger partial charge in [-0.2, -0.15) is 0 Å². The second kappa shape index (κ2) is 9.02. The predicted molar refractivity (Wildman–Crippen MR) is 114 cm³/mol. The maximum Gasteiger partial charge on any atom is 0.337 e. The first kappa shape index (κ1) is 21.2. The van der Waals surface area contributed by atoms with Crippen LogP contribution in [0.4, 0.5) is 4.39 Å². The lowest BCUT2D eigenvalue weighted by Gasteiger charge is -2.17. The van der Waals surface area contributed by atoms with E-state index in [-0.39, 0.29) is 11.1 Å². The predicted octanol–water partition coefficient (Wildman–Crippen LogP) is 3.18. The molecule has 0 saturated heterocycles. The summed E-state index contributed by atoms with van der Waals surface area (Å²) in [6, 6.07) is 8.98. The van der Waals surface area contributed by atoms with Gasteiger partial charge in [-0.05, 0) is 29.8 Å². The van der Waals surface area contributed by atoms with E-state index in [1.807, 2.05) is 12.1 Å². The number of carboxylic acid groups (broad SMARTS) is 1. The highest BCUT2D eigenvalue weighted by molar-refractivity contribution is 9.10. The van der Waals surface area contributed by atoms with Crippen LogP contribution >= 0.6 is 15.9 Å². The van der Waals surface area contributed by atoms with Crippen molar-refractivity contribution in [3.8, 4) is 5.69 Å². The lowest BCUT2D eigenvalue weighted by atomic mass is 10.0. The van der Waals surface area contributed by atoms with Crippen LogP contribution in [0.1, 0.15) is 38.0 Å². The smallest absolute Gasteiger partial charge is 0.337 e. The van der Waals surface area contributed by atoms with Gasteiger partial charge in [0.05, 0.1) is 35.4 Å². The molecule has 3 heterocycles. The van der Waals surface area contributed by atoms with Crippen molar-refractivity contribution in [3.63, 3.8) is 0 Å². The molecular weight excluding hydrogens is 483 g/mol. The van der Waals surface area contributed by atoms with Crippen LogP contribution in [0, 0.1) is 5.82 Å². The van der Waals surface area contributed by atoms with Gasteiger partial charge in [0.2, 0.25) is 0 Å². The number of carbonyl (C=O) groups is 2. The molecule has 11 heteroatoms. The molecule has 0 saturated carbocycles. The summed E-state index contributed by atoms with van der Waals surface area (Å²) in [5.41, 5.74) is 1.52. The minimum absolute atomic E-state index is 0.00378. The van der Waals surface area contributed by atoms with Gasteiger partial charge in [-0.1, -0.05) is 33.3 Å². The van der Waals surface area contributed by atoms with Crippen molar-refractivity contribution >= 4 is 27.8 Å².